The van der Waals surface area contributed by atoms with Crippen LogP contribution in [0.4, 0.5) is 0 Å². The van der Waals surface area contributed by atoms with Gasteiger partial charge in [0.2, 0.25) is 0 Å². The molecule has 3 heteroatoms. The number of nitrogens with two attached hydrogens (primary N) is 1. The van der Waals surface area contributed by atoms with Crippen LogP contribution in [-0.2, 0) is 18.3 Å². The minimum absolute atomic E-state index is 0.161. The molecule has 1 aromatic rings. The van der Waals surface area contributed by atoms with Crippen LogP contribution in [0.15, 0.2) is 0 Å². The molecule has 0 saturated heterocycles. The Morgan fingerprint density at radius 3 is 2.36 bits per heavy atom. The van der Waals surface area contributed by atoms with Gasteiger partial charge in [-0.15, -0.1) is 11.3 Å². The first kappa shape index (κ1) is 11.7. The number of hydrogen-bond donors (Lipinski definition) is 1. The van der Waals surface area contributed by atoms with Gasteiger partial charge in [0.25, 0.3) is 0 Å². The molecule has 80 valence electrons. The van der Waals surface area contributed by atoms with Gasteiger partial charge in [0.1, 0.15) is 0 Å². The lowest BCUT2D eigenvalue weighted by Crippen LogP contribution is -2.14. The molecule has 0 unspecified atom stereocenters. The van der Waals surface area contributed by atoms with Gasteiger partial charge >= 0.3 is 0 Å². The summed E-state index contributed by atoms with van der Waals surface area (Å²) >= 11 is 1.82. The molecular formula is C11H20N2S. The van der Waals surface area contributed by atoms with Crippen molar-refractivity contribution in [2.75, 3.05) is 6.54 Å². The summed E-state index contributed by atoms with van der Waals surface area (Å²) in [5, 5.41) is 1.19. The standard InChI is InChI=1S/C11H20N2S/c1-5-8-10(11(2,3)4)13-9(14-8)6-7-12/h5-7,12H2,1-4H3. The summed E-state index contributed by atoms with van der Waals surface area (Å²) in [4.78, 5) is 6.10. The third-order valence-electron chi connectivity index (χ3n) is 2.13. The molecule has 1 rings (SSSR count). The maximum Gasteiger partial charge on any atom is 0.0943 e. The number of thiazole rings is 1. The highest BCUT2D eigenvalue weighted by atomic mass is 32.1. The second kappa shape index (κ2) is 4.41. The molecule has 0 radical (unpaired) electrons. The third kappa shape index (κ3) is 2.55. The van der Waals surface area contributed by atoms with Crippen LogP contribution in [0.1, 0.15) is 43.3 Å². The van der Waals surface area contributed by atoms with E-state index in [1.165, 1.54) is 15.6 Å². The Kier molecular flexibility index (Phi) is 3.67. The molecule has 0 amide bonds. The molecule has 0 bridgehead atoms. The molecule has 0 spiro atoms. The van der Waals surface area contributed by atoms with Gasteiger partial charge in [-0.3, -0.25) is 0 Å². The lowest BCUT2D eigenvalue weighted by molar-refractivity contribution is 0.565. The van der Waals surface area contributed by atoms with Crippen molar-refractivity contribution in [3.05, 3.63) is 15.6 Å². The van der Waals surface area contributed by atoms with Gasteiger partial charge in [-0.1, -0.05) is 27.7 Å². The maximum atomic E-state index is 5.54. The van der Waals surface area contributed by atoms with Crippen molar-refractivity contribution in [1.82, 2.24) is 4.98 Å². The van der Waals surface area contributed by atoms with E-state index < -0.39 is 0 Å². The third-order valence-corrected chi connectivity index (χ3v) is 3.39. The van der Waals surface area contributed by atoms with Gasteiger partial charge in [-0.2, -0.15) is 0 Å². The highest BCUT2D eigenvalue weighted by molar-refractivity contribution is 7.11. The monoisotopic (exact) mass is 212 g/mol. The van der Waals surface area contributed by atoms with Crippen molar-refractivity contribution in [3.63, 3.8) is 0 Å². The van der Waals surface area contributed by atoms with Crippen LogP contribution in [0.25, 0.3) is 0 Å². The zero-order valence-electron chi connectivity index (χ0n) is 9.55. The van der Waals surface area contributed by atoms with E-state index in [-0.39, 0.29) is 5.41 Å². The van der Waals surface area contributed by atoms with Crippen molar-refractivity contribution in [2.45, 2.75) is 46.0 Å². The van der Waals surface area contributed by atoms with Gasteiger partial charge < -0.3 is 5.73 Å². The SMILES string of the molecule is CCc1sc(CCN)nc1C(C)(C)C. The Morgan fingerprint density at radius 2 is 2.00 bits per heavy atom. The van der Waals surface area contributed by atoms with Crippen LogP contribution in [0, 0.1) is 0 Å². The smallest absolute Gasteiger partial charge is 0.0943 e. The molecule has 0 atom stereocenters. The first-order chi connectivity index (χ1) is 6.49. The highest BCUT2D eigenvalue weighted by Gasteiger charge is 2.21. The van der Waals surface area contributed by atoms with Crippen LogP contribution in [0.5, 0.6) is 0 Å². The summed E-state index contributed by atoms with van der Waals surface area (Å²) in [5.74, 6) is 0. The van der Waals surface area contributed by atoms with Crippen LogP contribution in [0.2, 0.25) is 0 Å². The van der Waals surface area contributed by atoms with Crippen molar-refractivity contribution in [3.8, 4) is 0 Å². The summed E-state index contributed by atoms with van der Waals surface area (Å²) in [5.41, 5.74) is 6.96. The minimum atomic E-state index is 0.161. The summed E-state index contributed by atoms with van der Waals surface area (Å²) in [6.07, 6.45) is 1.99. The number of rotatable bonds is 3. The van der Waals surface area contributed by atoms with Gasteiger partial charge in [-0.05, 0) is 13.0 Å². The van der Waals surface area contributed by atoms with E-state index >= 15 is 0 Å². The molecule has 0 aromatic carbocycles. The Balaban J connectivity index is 3.02. The molecule has 0 aliphatic rings. The van der Waals surface area contributed by atoms with Crippen LogP contribution >= 0.6 is 11.3 Å². The van der Waals surface area contributed by atoms with Crippen LogP contribution in [-0.4, -0.2) is 11.5 Å². The summed E-state index contributed by atoms with van der Waals surface area (Å²) in [6.45, 7) is 9.53. The second-order valence-corrected chi connectivity index (χ2v) is 5.69. The van der Waals surface area contributed by atoms with E-state index in [4.69, 9.17) is 5.73 Å². The fourth-order valence-corrected chi connectivity index (χ4v) is 2.69. The van der Waals surface area contributed by atoms with Gasteiger partial charge in [0.15, 0.2) is 0 Å². The second-order valence-electron chi connectivity index (χ2n) is 4.52. The Labute approximate surface area is 90.6 Å². The summed E-state index contributed by atoms with van der Waals surface area (Å²) < 4.78 is 0. The maximum absolute atomic E-state index is 5.54. The van der Waals surface area contributed by atoms with Gasteiger partial charge in [0.05, 0.1) is 10.7 Å². The minimum Gasteiger partial charge on any atom is -0.330 e. The molecule has 0 fully saturated rings. The normalized spacial score (nSPS) is 12.1. The molecule has 0 saturated carbocycles. The number of aryl methyl sites for hydroxylation is 1. The first-order valence-corrected chi connectivity index (χ1v) is 5.99. The summed E-state index contributed by atoms with van der Waals surface area (Å²) in [7, 11) is 0. The molecule has 1 heterocycles. The quantitative estimate of drug-likeness (QED) is 0.836. The fourth-order valence-electron chi connectivity index (χ4n) is 1.46. The number of hydrogen-bond acceptors (Lipinski definition) is 3. The van der Waals surface area contributed by atoms with Crippen LogP contribution < -0.4 is 5.73 Å². The van der Waals surface area contributed by atoms with Crippen molar-refractivity contribution in [1.29, 1.82) is 0 Å². The topological polar surface area (TPSA) is 38.9 Å². The predicted molar refractivity (Wildman–Crippen MR) is 63.0 cm³/mol. The van der Waals surface area contributed by atoms with E-state index in [0.29, 0.717) is 6.54 Å². The van der Waals surface area contributed by atoms with Gasteiger partial charge in [-0.25, -0.2) is 4.98 Å². The first-order valence-electron chi connectivity index (χ1n) is 5.18. The molecule has 2 N–H and O–H groups in total. The van der Waals surface area contributed by atoms with Crippen molar-refractivity contribution < 1.29 is 0 Å². The molecule has 1 aromatic heterocycles. The van der Waals surface area contributed by atoms with Crippen molar-refractivity contribution >= 4 is 11.3 Å². The van der Waals surface area contributed by atoms with E-state index in [1.807, 2.05) is 11.3 Å². The molecule has 2 nitrogen and oxygen atoms in total. The molecule has 0 aliphatic heterocycles. The fraction of sp³-hybridized carbons (Fsp3) is 0.727. The lowest BCUT2D eigenvalue weighted by Gasteiger charge is -2.16. The highest BCUT2D eigenvalue weighted by Crippen LogP contribution is 2.29. The number of nitrogens with zero attached hydrogens (tertiary/aromatic N) is 1. The predicted octanol–water partition coefficient (Wildman–Crippen LogP) is 2.50. The van der Waals surface area contributed by atoms with E-state index in [0.717, 1.165) is 12.8 Å². The Hall–Kier alpha value is -0.410. The largest absolute Gasteiger partial charge is 0.330 e. The Morgan fingerprint density at radius 1 is 1.36 bits per heavy atom. The Bertz CT molecular complexity index is 297. The number of aromatic nitrogens is 1. The van der Waals surface area contributed by atoms with E-state index in [2.05, 4.69) is 32.7 Å². The van der Waals surface area contributed by atoms with Crippen LogP contribution in [0.3, 0.4) is 0 Å². The average molecular weight is 212 g/mol. The summed E-state index contributed by atoms with van der Waals surface area (Å²) in [6, 6.07) is 0. The van der Waals surface area contributed by atoms with E-state index in [1.54, 1.807) is 0 Å². The molecule has 0 aliphatic carbocycles. The zero-order valence-corrected chi connectivity index (χ0v) is 10.4. The zero-order chi connectivity index (χ0) is 10.8. The lowest BCUT2D eigenvalue weighted by atomic mass is 9.91. The average Bonchev–Trinajstić information content (AvgIpc) is 2.47. The van der Waals surface area contributed by atoms with Gasteiger partial charge in [0, 0.05) is 16.7 Å². The van der Waals surface area contributed by atoms with Crippen molar-refractivity contribution in [2.24, 2.45) is 5.73 Å². The van der Waals surface area contributed by atoms with E-state index in [9.17, 15) is 0 Å². The molecule has 14 heavy (non-hydrogen) atoms. The molecular weight excluding hydrogens is 192 g/mol.